The summed E-state index contributed by atoms with van der Waals surface area (Å²) in [7, 11) is 0. The van der Waals surface area contributed by atoms with Crippen LogP contribution < -0.4 is 5.73 Å². The minimum absolute atomic E-state index is 0.0113. The molecule has 0 amide bonds. The quantitative estimate of drug-likeness (QED) is 0.274. The summed E-state index contributed by atoms with van der Waals surface area (Å²) in [5.41, 5.74) is 3.36. The lowest BCUT2D eigenvalue weighted by Crippen LogP contribution is -2.53. The fourth-order valence-corrected chi connectivity index (χ4v) is 5.47. The number of ketones is 3. The largest absolute Gasteiger partial charge is 0.507 e. The zero-order valence-electron chi connectivity index (χ0n) is 19.9. The van der Waals surface area contributed by atoms with Crippen LogP contribution in [0.3, 0.4) is 0 Å². The van der Waals surface area contributed by atoms with Crippen LogP contribution in [0.15, 0.2) is 24.3 Å². The number of carbonyl (C=O) groups is 3. The van der Waals surface area contributed by atoms with Crippen molar-refractivity contribution in [3.05, 3.63) is 57.6 Å². The second-order valence-electron chi connectivity index (χ2n) is 9.85. The molecular weight excluding hydrogens is 486 g/mol. The highest BCUT2D eigenvalue weighted by molar-refractivity contribution is 6.30. The fraction of sp³-hybridized carbons (Fsp3) is 0.423. The number of ether oxygens (including phenoxy) is 2. The van der Waals surface area contributed by atoms with Crippen LogP contribution in [0.2, 0.25) is 0 Å². The number of phenolic OH excluding ortho intramolecular Hbond substituents is 2. The van der Waals surface area contributed by atoms with Crippen molar-refractivity contribution in [1.29, 1.82) is 0 Å². The average Bonchev–Trinajstić information content (AvgIpc) is 2.85. The van der Waals surface area contributed by atoms with Gasteiger partial charge < -0.3 is 40.7 Å². The molecule has 11 nitrogen and oxygen atoms in total. The van der Waals surface area contributed by atoms with E-state index in [0.29, 0.717) is 0 Å². The van der Waals surface area contributed by atoms with E-state index in [1.165, 1.54) is 24.3 Å². The summed E-state index contributed by atoms with van der Waals surface area (Å²) in [6.45, 7) is 0.638. The molecule has 0 radical (unpaired) electrons. The Labute approximate surface area is 211 Å². The topological polar surface area (TPSA) is 197 Å². The Morgan fingerprint density at radius 1 is 1.19 bits per heavy atom. The van der Waals surface area contributed by atoms with Crippen molar-refractivity contribution < 1.29 is 49.4 Å². The molecule has 3 aliphatic rings. The van der Waals surface area contributed by atoms with Gasteiger partial charge in [0.05, 0.1) is 29.4 Å². The third kappa shape index (κ3) is 3.95. The number of aromatic hydroxyl groups is 2. The van der Waals surface area contributed by atoms with Crippen LogP contribution in [-0.2, 0) is 20.7 Å². The Morgan fingerprint density at radius 3 is 2.57 bits per heavy atom. The number of Topliss-reactive ketones (excluding diaryl/α,β-unsaturated/α-hetero) is 1. The van der Waals surface area contributed by atoms with E-state index in [0.717, 1.165) is 0 Å². The summed E-state index contributed by atoms with van der Waals surface area (Å²) in [6.07, 6.45) is -4.38. The van der Waals surface area contributed by atoms with Crippen molar-refractivity contribution in [2.75, 3.05) is 6.61 Å². The molecule has 6 atom stereocenters. The average molecular weight is 513 g/mol. The molecule has 0 unspecified atom stereocenters. The van der Waals surface area contributed by atoms with Crippen molar-refractivity contribution in [2.24, 2.45) is 5.73 Å². The third-order valence-electron chi connectivity index (χ3n) is 7.49. The number of fused-ring (bicyclic) bond motifs is 3. The van der Waals surface area contributed by atoms with Gasteiger partial charge in [0.2, 0.25) is 0 Å². The number of nitrogens with two attached hydrogens (primary N) is 1. The van der Waals surface area contributed by atoms with Gasteiger partial charge in [0, 0.05) is 42.0 Å². The predicted octanol–water partition coefficient (Wildman–Crippen LogP) is -0.00730. The molecule has 5 rings (SSSR count). The molecule has 1 saturated heterocycles. The van der Waals surface area contributed by atoms with Crippen LogP contribution >= 0.6 is 0 Å². The molecule has 11 heteroatoms. The SMILES string of the molecule is C[C@@H]1O[C@@H](O[C@H]2C[C@](O)(C(=O)CO)Cc3c2cc2c(c3O)C(=O)c3cccc(O)c3C2=O)C[C@H](N)[C@@H]1O. The van der Waals surface area contributed by atoms with Gasteiger partial charge in [-0.1, -0.05) is 12.1 Å². The fourth-order valence-electron chi connectivity index (χ4n) is 5.47. The summed E-state index contributed by atoms with van der Waals surface area (Å²) in [4.78, 5) is 39.2. The lowest BCUT2D eigenvalue weighted by atomic mass is 9.72. The number of hydrogen-bond donors (Lipinski definition) is 6. The van der Waals surface area contributed by atoms with E-state index in [1.807, 2.05) is 0 Å². The number of benzene rings is 2. The molecule has 0 saturated carbocycles. The van der Waals surface area contributed by atoms with Gasteiger partial charge in [-0.25, -0.2) is 0 Å². The van der Waals surface area contributed by atoms with Gasteiger partial charge in [-0.15, -0.1) is 0 Å². The number of rotatable bonds is 4. The van der Waals surface area contributed by atoms with E-state index in [4.69, 9.17) is 15.2 Å². The van der Waals surface area contributed by atoms with E-state index in [2.05, 4.69) is 0 Å². The molecule has 1 heterocycles. The minimum Gasteiger partial charge on any atom is -0.507 e. The van der Waals surface area contributed by atoms with Crippen molar-refractivity contribution in [3.63, 3.8) is 0 Å². The Bertz CT molecular complexity index is 1310. The van der Waals surface area contributed by atoms with Gasteiger partial charge in [-0.2, -0.15) is 0 Å². The van der Waals surface area contributed by atoms with Crippen molar-refractivity contribution >= 4 is 17.3 Å². The first-order valence-corrected chi connectivity index (χ1v) is 11.9. The van der Waals surface area contributed by atoms with E-state index >= 15 is 0 Å². The molecule has 1 fully saturated rings. The first-order valence-electron chi connectivity index (χ1n) is 11.9. The van der Waals surface area contributed by atoms with Crippen molar-refractivity contribution in [2.45, 2.75) is 62.4 Å². The van der Waals surface area contributed by atoms with Gasteiger partial charge in [0.1, 0.15) is 23.7 Å². The Kier molecular flexibility index (Phi) is 6.18. The minimum atomic E-state index is -2.14. The van der Waals surface area contributed by atoms with Crippen LogP contribution in [0.25, 0.3) is 0 Å². The van der Waals surface area contributed by atoms with Gasteiger partial charge in [-0.3, -0.25) is 14.4 Å². The van der Waals surface area contributed by atoms with Gasteiger partial charge in [0.25, 0.3) is 0 Å². The maximum Gasteiger partial charge on any atom is 0.198 e. The summed E-state index contributed by atoms with van der Waals surface area (Å²) in [6, 6.07) is 4.71. The zero-order chi connectivity index (χ0) is 26.8. The second-order valence-corrected chi connectivity index (χ2v) is 9.85. The van der Waals surface area contributed by atoms with Crippen molar-refractivity contribution in [3.8, 4) is 11.5 Å². The normalized spacial score (nSPS) is 30.9. The summed E-state index contributed by atoms with van der Waals surface area (Å²) >= 11 is 0. The van der Waals surface area contributed by atoms with E-state index in [9.17, 15) is 39.9 Å². The molecule has 0 aromatic heterocycles. The summed E-state index contributed by atoms with van der Waals surface area (Å²) in [5.74, 6) is -3.27. The molecule has 0 bridgehead atoms. The number of aliphatic hydroxyl groups excluding tert-OH is 2. The van der Waals surface area contributed by atoms with Gasteiger partial charge >= 0.3 is 0 Å². The monoisotopic (exact) mass is 513 g/mol. The predicted molar refractivity (Wildman–Crippen MR) is 125 cm³/mol. The maximum absolute atomic E-state index is 13.3. The first-order chi connectivity index (χ1) is 17.5. The summed E-state index contributed by atoms with van der Waals surface area (Å²) in [5, 5.41) is 52.3. The number of hydrogen-bond acceptors (Lipinski definition) is 11. The summed E-state index contributed by atoms with van der Waals surface area (Å²) < 4.78 is 11.8. The number of aliphatic hydroxyl groups is 3. The smallest absolute Gasteiger partial charge is 0.198 e. The molecule has 2 aliphatic carbocycles. The van der Waals surface area contributed by atoms with E-state index in [1.54, 1.807) is 6.92 Å². The number of phenols is 2. The van der Waals surface area contributed by atoms with Crippen LogP contribution in [0.4, 0.5) is 0 Å². The highest BCUT2D eigenvalue weighted by Crippen LogP contribution is 2.47. The Balaban J connectivity index is 1.63. The second kappa shape index (κ2) is 8.98. The van der Waals surface area contributed by atoms with Gasteiger partial charge in [-0.05, 0) is 24.6 Å². The molecule has 2 aromatic carbocycles. The lowest BCUT2D eigenvalue weighted by Gasteiger charge is -2.42. The zero-order valence-corrected chi connectivity index (χ0v) is 19.9. The maximum atomic E-state index is 13.3. The van der Waals surface area contributed by atoms with Crippen molar-refractivity contribution in [1.82, 2.24) is 0 Å². The third-order valence-corrected chi connectivity index (χ3v) is 7.49. The van der Waals surface area contributed by atoms with E-state index in [-0.39, 0.29) is 52.0 Å². The van der Waals surface area contributed by atoms with Crippen LogP contribution in [-0.4, -0.2) is 79.6 Å². The lowest BCUT2D eigenvalue weighted by molar-refractivity contribution is -0.247. The van der Waals surface area contributed by atoms with Crippen LogP contribution in [0.5, 0.6) is 11.5 Å². The molecule has 37 heavy (non-hydrogen) atoms. The molecule has 1 aliphatic heterocycles. The van der Waals surface area contributed by atoms with Crippen LogP contribution in [0.1, 0.15) is 68.8 Å². The Morgan fingerprint density at radius 2 is 1.89 bits per heavy atom. The number of carbonyl (C=O) groups excluding carboxylic acids is 3. The molecule has 0 spiro atoms. The van der Waals surface area contributed by atoms with Gasteiger partial charge in [0.15, 0.2) is 23.6 Å². The highest BCUT2D eigenvalue weighted by Gasteiger charge is 2.48. The molecule has 2 aromatic rings. The molecular formula is C26H27NO10. The van der Waals surface area contributed by atoms with Crippen LogP contribution in [0, 0.1) is 0 Å². The van der Waals surface area contributed by atoms with E-state index < -0.39 is 72.4 Å². The molecule has 196 valence electrons. The first kappa shape index (κ1) is 25.5. The highest BCUT2D eigenvalue weighted by atomic mass is 16.7. The Hall–Kier alpha value is -3.19. The molecule has 7 N–H and O–H groups in total. The standard InChI is InChI=1S/C26H27NO10/c1-10-22(31)15(27)6-19(36-10)37-17-8-26(35,18(30)9-28)7-14-12(17)5-13-21(25(14)34)23(32)11-3-2-4-16(29)20(11)24(13)33/h2-5,10,15,17,19,22,28-29,31,34-35H,6-9,27H2,1H3/t10-,15-,17-,19-,22+,26-/m0/s1.